The first-order valence-electron chi connectivity index (χ1n) is 14.6. The summed E-state index contributed by atoms with van der Waals surface area (Å²) in [5.74, 6) is -1.02. The summed E-state index contributed by atoms with van der Waals surface area (Å²) in [4.78, 5) is 40.6. The van der Waals surface area contributed by atoms with E-state index in [9.17, 15) is 28.1 Å². The molecule has 4 rings (SSSR count). The van der Waals surface area contributed by atoms with Crippen LogP contribution in [0.5, 0.6) is 0 Å². The number of halogens is 2. The highest BCUT2D eigenvalue weighted by Crippen LogP contribution is 2.29. The average molecular weight is 676 g/mol. The first-order chi connectivity index (χ1) is 21.3. The summed E-state index contributed by atoms with van der Waals surface area (Å²) in [6.07, 6.45) is 5.84. The smallest absolute Gasteiger partial charge is 0.271 e. The standard InChI is InChI=1S/C32H36Cl2N4O6S/c1-22-13-15-26(38(41)42)19-29(22)37(45(2,43)44)21-31(39)36(20-24-14-16-27(33)28(34)17-24)30(18-23-9-5-3-6-10-23)32(40)35-25-11-7-4-8-12-25/h3,5-6,9-10,13-17,19,25,30H,4,7-8,11-12,18,20-21H2,1-2H3,(H,35,40). The second-order valence-electron chi connectivity index (χ2n) is 11.3. The molecule has 1 unspecified atom stereocenters. The molecule has 3 aromatic rings. The predicted octanol–water partition coefficient (Wildman–Crippen LogP) is 6.07. The van der Waals surface area contributed by atoms with Gasteiger partial charge in [-0.3, -0.25) is 24.0 Å². The van der Waals surface area contributed by atoms with Gasteiger partial charge in [0.25, 0.3) is 5.69 Å². The Balaban J connectivity index is 1.77. The van der Waals surface area contributed by atoms with Gasteiger partial charge in [-0.25, -0.2) is 8.42 Å². The van der Waals surface area contributed by atoms with Crippen LogP contribution in [-0.4, -0.2) is 54.9 Å². The number of non-ortho nitro benzene ring substituents is 1. The van der Waals surface area contributed by atoms with Crippen LogP contribution < -0.4 is 9.62 Å². The number of nitro groups is 1. The van der Waals surface area contributed by atoms with Crippen molar-refractivity contribution in [2.75, 3.05) is 17.1 Å². The summed E-state index contributed by atoms with van der Waals surface area (Å²) < 4.78 is 27.0. The summed E-state index contributed by atoms with van der Waals surface area (Å²) >= 11 is 12.4. The van der Waals surface area contributed by atoms with Gasteiger partial charge < -0.3 is 10.2 Å². The molecule has 0 aliphatic heterocycles. The maximum Gasteiger partial charge on any atom is 0.271 e. The molecule has 3 aromatic carbocycles. The Morgan fingerprint density at radius 3 is 2.29 bits per heavy atom. The highest BCUT2D eigenvalue weighted by atomic mass is 35.5. The monoisotopic (exact) mass is 674 g/mol. The Hall–Kier alpha value is -3.67. The van der Waals surface area contributed by atoms with Crippen LogP contribution in [0.4, 0.5) is 11.4 Å². The minimum absolute atomic E-state index is 0.000744. The fraction of sp³-hybridized carbons (Fsp3) is 0.375. The molecule has 0 saturated heterocycles. The maximum absolute atomic E-state index is 14.3. The molecule has 0 radical (unpaired) electrons. The minimum Gasteiger partial charge on any atom is -0.352 e. The third-order valence-corrected chi connectivity index (χ3v) is 9.78. The zero-order valence-electron chi connectivity index (χ0n) is 25.1. The molecule has 1 atom stereocenters. The molecule has 240 valence electrons. The van der Waals surface area contributed by atoms with Gasteiger partial charge in [-0.05, 0) is 48.6 Å². The van der Waals surface area contributed by atoms with E-state index < -0.39 is 33.4 Å². The van der Waals surface area contributed by atoms with Gasteiger partial charge >= 0.3 is 0 Å². The molecule has 0 heterocycles. The topological polar surface area (TPSA) is 130 Å². The van der Waals surface area contributed by atoms with E-state index in [-0.39, 0.29) is 41.3 Å². The van der Waals surface area contributed by atoms with E-state index in [4.69, 9.17) is 23.2 Å². The van der Waals surface area contributed by atoms with Gasteiger partial charge in [0.2, 0.25) is 21.8 Å². The van der Waals surface area contributed by atoms with E-state index in [0.717, 1.165) is 54.3 Å². The van der Waals surface area contributed by atoms with Crippen LogP contribution >= 0.6 is 23.2 Å². The van der Waals surface area contributed by atoms with Crippen LogP contribution in [0.15, 0.2) is 66.7 Å². The molecule has 1 N–H and O–H groups in total. The number of hydrogen-bond acceptors (Lipinski definition) is 6. The lowest BCUT2D eigenvalue weighted by Gasteiger charge is -2.35. The maximum atomic E-state index is 14.3. The quantitative estimate of drug-likeness (QED) is 0.183. The number of carbonyl (C=O) groups excluding carboxylic acids is 2. The number of nitrogens with one attached hydrogen (secondary N) is 1. The second kappa shape index (κ2) is 15.1. The van der Waals surface area contributed by atoms with Crippen molar-refractivity contribution in [3.05, 3.63) is 104 Å². The van der Waals surface area contributed by atoms with E-state index >= 15 is 0 Å². The van der Waals surface area contributed by atoms with Crippen molar-refractivity contribution in [3.8, 4) is 0 Å². The molecule has 1 saturated carbocycles. The first-order valence-corrected chi connectivity index (χ1v) is 17.2. The molecule has 45 heavy (non-hydrogen) atoms. The first kappa shape index (κ1) is 34.2. The van der Waals surface area contributed by atoms with Crippen molar-refractivity contribution in [1.29, 1.82) is 0 Å². The van der Waals surface area contributed by atoms with E-state index in [2.05, 4.69) is 5.32 Å². The van der Waals surface area contributed by atoms with Gasteiger partial charge in [0.1, 0.15) is 12.6 Å². The molecule has 10 nitrogen and oxygen atoms in total. The zero-order chi connectivity index (χ0) is 32.7. The van der Waals surface area contributed by atoms with E-state index in [1.807, 2.05) is 30.3 Å². The van der Waals surface area contributed by atoms with E-state index in [0.29, 0.717) is 16.1 Å². The fourth-order valence-electron chi connectivity index (χ4n) is 5.51. The summed E-state index contributed by atoms with van der Waals surface area (Å²) in [5.41, 5.74) is 1.49. The Labute approximate surface area is 273 Å². The van der Waals surface area contributed by atoms with Crippen molar-refractivity contribution in [2.24, 2.45) is 0 Å². The molecule has 13 heteroatoms. The van der Waals surface area contributed by atoms with Crippen molar-refractivity contribution >= 4 is 56.4 Å². The van der Waals surface area contributed by atoms with Gasteiger partial charge in [0.05, 0.1) is 26.9 Å². The lowest BCUT2D eigenvalue weighted by Crippen LogP contribution is -2.55. The Bertz CT molecular complexity index is 1650. The van der Waals surface area contributed by atoms with E-state index in [1.54, 1.807) is 25.1 Å². The second-order valence-corrected chi connectivity index (χ2v) is 14.0. The number of rotatable bonds is 12. The lowest BCUT2D eigenvalue weighted by atomic mass is 9.94. The van der Waals surface area contributed by atoms with Crippen LogP contribution in [0.1, 0.15) is 48.8 Å². The molecule has 0 bridgehead atoms. The number of amides is 2. The number of hydrogen-bond donors (Lipinski definition) is 1. The third-order valence-electron chi connectivity index (χ3n) is 7.91. The number of nitro benzene ring substituents is 1. The van der Waals surface area contributed by atoms with Gasteiger partial charge in [0, 0.05) is 31.1 Å². The van der Waals surface area contributed by atoms with Crippen LogP contribution in [0.2, 0.25) is 10.0 Å². The van der Waals surface area contributed by atoms with Gasteiger partial charge in [0.15, 0.2) is 0 Å². The van der Waals surface area contributed by atoms with Crippen molar-refractivity contribution < 1.29 is 22.9 Å². The van der Waals surface area contributed by atoms with E-state index in [1.165, 1.54) is 17.0 Å². The number of aryl methyl sites for hydroxylation is 1. The zero-order valence-corrected chi connectivity index (χ0v) is 27.4. The molecule has 1 fully saturated rings. The molecular formula is C32H36Cl2N4O6S. The van der Waals surface area contributed by atoms with Crippen LogP contribution in [0, 0.1) is 17.0 Å². The highest BCUT2D eigenvalue weighted by Gasteiger charge is 2.34. The molecule has 1 aliphatic rings. The Kier molecular flexibility index (Phi) is 11.5. The summed E-state index contributed by atoms with van der Waals surface area (Å²) in [6.45, 7) is 0.839. The molecule has 0 aromatic heterocycles. The number of benzene rings is 3. The van der Waals surface area contributed by atoms with Crippen molar-refractivity contribution in [3.63, 3.8) is 0 Å². The molecule has 2 amide bonds. The number of sulfonamides is 1. The lowest BCUT2D eigenvalue weighted by molar-refractivity contribution is -0.384. The summed E-state index contributed by atoms with van der Waals surface area (Å²) in [6, 6.07) is 16.9. The fourth-order valence-corrected chi connectivity index (χ4v) is 6.73. The van der Waals surface area contributed by atoms with Crippen molar-refractivity contribution in [2.45, 2.75) is 64.1 Å². The van der Waals surface area contributed by atoms with Gasteiger partial charge in [-0.2, -0.15) is 0 Å². The van der Waals surface area contributed by atoms with Crippen LogP contribution in [0.25, 0.3) is 0 Å². The Morgan fingerprint density at radius 2 is 1.67 bits per heavy atom. The minimum atomic E-state index is -4.10. The number of carbonyl (C=O) groups is 2. The molecule has 0 spiro atoms. The molecule has 1 aliphatic carbocycles. The SMILES string of the molecule is Cc1ccc([N+](=O)[O-])cc1N(CC(=O)N(Cc1ccc(Cl)c(Cl)c1)C(Cc1ccccc1)C(=O)NC1CCCCC1)S(C)(=O)=O. The predicted molar refractivity (Wildman–Crippen MR) is 176 cm³/mol. The molecular weight excluding hydrogens is 639 g/mol. The largest absolute Gasteiger partial charge is 0.352 e. The van der Waals surface area contributed by atoms with Crippen LogP contribution in [0.3, 0.4) is 0 Å². The Morgan fingerprint density at radius 1 is 0.978 bits per heavy atom. The number of anilines is 1. The summed E-state index contributed by atoms with van der Waals surface area (Å²) in [5, 5.41) is 15.2. The summed E-state index contributed by atoms with van der Waals surface area (Å²) in [7, 11) is -4.10. The van der Waals surface area contributed by atoms with Crippen molar-refractivity contribution in [1.82, 2.24) is 10.2 Å². The third kappa shape index (κ3) is 9.18. The highest BCUT2D eigenvalue weighted by molar-refractivity contribution is 7.92. The van der Waals surface area contributed by atoms with Gasteiger partial charge in [-0.1, -0.05) is 84.9 Å². The average Bonchev–Trinajstić information content (AvgIpc) is 3.00. The number of nitrogens with zero attached hydrogens (tertiary/aromatic N) is 3. The normalized spacial score (nSPS) is 14.4. The van der Waals surface area contributed by atoms with Gasteiger partial charge in [-0.15, -0.1) is 0 Å². The van der Waals surface area contributed by atoms with Crippen LogP contribution in [-0.2, 0) is 32.6 Å².